The van der Waals surface area contributed by atoms with Gasteiger partial charge in [0.1, 0.15) is 23.7 Å². The summed E-state index contributed by atoms with van der Waals surface area (Å²) in [5.74, 6) is 0.0253. The van der Waals surface area contributed by atoms with Gasteiger partial charge < -0.3 is 15.4 Å². The monoisotopic (exact) mass is 318 g/mol. The molecule has 1 aromatic heterocycles. The van der Waals surface area contributed by atoms with Crippen molar-refractivity contribution in [3.63, 3.8) is 0 Å². The van der Waals surface area contributed by atoms with E-state index in [4.69, 9.17) is 4.74 Å². The number of benzene rings is 1. The second kappa shape index (κ2) is 8.79. The molecular weight excluding hydrogens is 299 g/mol. The number of anilines is 1. The minimum atomic E-state index is -0.274. The highest BCUT2D eigenvalue weighted by molar-refractivity contribution is 5.92. The highest BCUT2D eigenvalue weighted by Crippen LogP contribution is 2.05. The van der Waals surface area contributed by atoms with E-state index in [9.17, 15) is 9.18 Å². The zero-order valence-electron chi connectivity index (χ0n) is 12.9. The Morgan fingerprint density at radius 3 is 2.74 bits per heavy atom. The smallest absolute Gasteiger partial charge is 0.270 e. The van der Waals surface area contributed by atoms with E-state index in [1.165, 1.54) is 18.5 Å². The van der Waals surface area contributed by atoms with E-state index in [0.717, 1.165) is 5.56 Å². The summed E-state index contributed by atoms with van der Waals surface area (Å²) in [6.45, 7) is 1.59. The fraction of sp³-hybridized carbons (Fsp3) is 0.312. The molecule has 7 heteroatoms. The van der Waals surface area contributed by atoms with Gasteiger partial charge >= 0.3 is 0 Å². The van der Waals surface area contributed by atoms with Crippen molar-refractivity contribution in [2.75, 3.05) is 32.1 Å². The quantitative estimate of drug-likeness (QED) is 0.724. The van der Waals surface area contributed by atoms with E-state index in [0.29, 0.717) is 37.6 Å². The zero-order chi connectivity index (χ0) is 16.5. The Morgan fingerprint density at radius 2 is 2.00 bits per heavy atom. The number of carbonyl (C=O) groups excluding carboxylic acids is 1. The van der Waals surface area contributed by atoms with Gasteiger partial charge in [-0.15, -0.1) is 0 Å². The van der Waals surface area contributed by atoms with Crippen LogP contribution in [0.1, 0.15) is 16.1 Å². The minimum Gasteiger partial charge on any atom is -0.383 e. The lowest BCUT2D eigenvalue weighted by molar-refractivity contribution is 0.0949. The van der Waals surface area contributed by atoms with Crippen LogP contribution in [0.4, 0.5) is 10.2 Å². The third kappa shape index (κ3) is 5.63. The highest BCUT2D eigenvalue weighted by atomic mass is 19.1. The Balaban J connectivity index is 1.82. The summed E-state index contributed by atoms with van der Waals surface area (Å²) in [5, 5.41) is 5.82. The topological polar surface area (TPSA) is 76.1 Å². The second-order valence-corrected chi connectivity index (χ2v) is 4.84. The number of hydrogen-bond donors (Lipinski definition) is 2. The van der Waals surface area contributed by atoms with Crippen LogP contribution in [0.15, 0.2) is 36.7 Å². The molecule has 2 aromatic rings. The summed E-state index contributed by atoms with van der Waals surface area (Å²) in [7, 11) is 1.61. The van der Waals surface area contributed by atoms with Crippen molar-refractivity contribution in [1.29, 1.82) is 0 Å². The molecule has 0 spiro atoms. The molecular formula is C16H19FN4O2. The van der Waals surface area contributed by atoms with E-state index in [1.807, 2.05) is 0 Å². The Kier molecular flexibility index (Phi) is 6.43. The molecule has 2 rings (SSSR count). The Hall–Kier alpha value is -2.54. The number of methoxy groups -OCH3 is 1. The van der Waals surface area contributed by atoms with E-state index in [1.54, 1.807) is 25.3 Å². The number of halogens is 1. The van der Waals surface area contributed by atoms with Gasteiger partial charge in [-0.25, -0.2) is 14.4 Å². The van der Waals surface area contributed by atoms with Gasteiger partial charge in [-0.3, -0.25) is 4.79 Å². The summed E-state index contributed by atoms with van der Waals surface area (Å²) in [6, 6.07) is 7.79. The van der Waals surface area contributed by atoms with Crippen LogP contribution in [0, 0.1) is 5.82 Å². The number of ether oxygens (including phenoxy) is 1. The predicted molar refractivity (Wildman–Crippen MR) is 84.8 cm³/mol. The fourth-order valence-electron chi connectivity index (χ4n) is 1.92. The third-order valence-electron chi connectivity index (χ3n) is 3.12. The molecule has 0 radical (unpaired) electrons. The molecule has 2 N–H and O–H groups in total. The van der Waals surface area contributed by atoms with Crippen LogP contribution in [-0.4, -0.2) is 42.7 Å². The van der Waals surface area contributed by atoms with Crippen LogP contribution in [0.3, 0.4) is 0 Å². The number of amides is 1. The molecule has 1 aromatic carbocycles. The molecule has 1 amide bonds. The summed E-state index contributed by atoms with van der Waals surface area (Å²) in [5.41, 5.74) is 1.25. The van der Waals surface area contributed by atoms with Crippen molar-refractivity contribution in [2.45, 2.75) is 6.42 Å². The van der Waals surface area contributed by atoms with Gasteiger partial charge in [-0.1, -0.05) is 12.1 Å². The average molecular weight is 318 g/mol. The summed E-state index contributed by atoms with van der Waals surface area (Å²) in [6.07, 6.45) is 1.96. The molecule has 0 aliphatic heterocycles. The fourth-order valence-corrected chi connectivity index (χ4v) is 1.92. The Morgan fingerprint density at radius 1 is 1.22 bits per heavy atom. The first-order valence-corrected chi connectivity index (χ1v) is 7.26. The molecule has 0 atom stereocenters. The van der Waals surface area contributed by atoms with Crippen LogP contribution in [0.25, 0.3) is 0 Å². The van der Waals surface area contributed by atoms with Crippen LogP contribution in [0.5, 0.6) is 0 Å². The normalized spacial score (nSPS) is 10.3. The van der Waals surface area contributed by atoms with Gasteiger partial charge in [0.15, 0.2) is 0 Å². The lowest BCUT2D eigenvalue weighted by Crippen LogP contribution is -2.26. The first-order valence-electron chi connectivity index (χ1n) is 7.26. The highest BCUT2D eigenvalue weighted by Gasteiger charge is 2.08. The van der Waals surface area contributed by atoms with Crippen molar-refractivity contribution < 1.29 is 13.9 Å². The van der Waals surface area contributed by atoms with Crippen molar-refractivity contribution >= 4 is 11.7 Å². The maximum atomic E-state index is 12.8. The summed E-state index contributed by atoms with van der Waals surface area (Å²) < 4.78 is 17.7. The minimum absolute atomic E-state index is 0.271. The van der Waals surface area contributed by atoms with Gasteiger partial charge in [0.25, 0.3) is 5.91 Å². The van der Waals surface area contributed by atoms with Crippen LogP contribution >= 0.6 is 0 Å². The van der Waals surface area contributed by atoms with Gasteiger partial charge in [-0.2, -0.15) is 0 Å². The van der Waals surface area contributed by atoms with E-state index in [2.05, 4.69) is 20.6 Å². The molecule has 0 saturated carbocycles. The number of nitrogens with one attached hydrogen (secondary N) is 2. The Bertz CT molecular complexity index is 634. The number of hydrogen-bond acceptors (Lipinski definition) is 5. The van der Waals surface area contributed by atoms with Crippen molar-refractivity contribution in [1.82, 2.24) is 15.3 Å². The molecule has 122 valence electrons. The summed E-state index contributed by atoms with van der Waals surface area (Å²) in [4.78, 5) is 20.1. The van der Waals surface area contributed by atoms with E-state index in [-0.39, 0.29) is 11.7 Å². The van der Waals surface area contributed by atoms with Crippen molar-refractivity contribution in [3.8, 4) is 0 Å². The van der Waals surface area contributed by atoms with Gasteiger partial charge in [-0.05, 0) is 24.1 Å². The third-order valence-corrected chi connectivity index (χ3v) is 3.12. The average Bonchev–Trinajstić information content (AvgIpc) is 2.57. The number of aromatic nitrogens is 2. The molecule has 0 unspecified atom stereocenters. The lowest BCUT2D eigenvalue weighted by atomic mass is 10.1. The van der Waals surface area contributed by atoms with Gasteiger partial charge in [0.2, 0.25) is 0 Å². The van der Waals surface area contributed by atoms with Crippen LogP contribution in [-0.2, 0) is 11.2 Å². The van der Waals surface area contributed by atoms with E-state index < -0.39 is 0 Å². The molecule has 0 aliphatic rings. The number of rotatable bonds is 8. The molecule has 23 heavy (non-hydrogen) atoms. The molecule has 0 bridgehead atoms. The first-order chi connectivity index (χ1) is 11.2. The lowest BCUT2D eigenvalue weighted by Gasteiger charge is -2.07. The van der Waals surface area contributed by atoms with Crippen LogP contribution < -0.4 is 10.6 Å². The molecule has 0 fully saturated rings. The number of carbonyl (C=O) groups is 1. The van der Waals surface area contributed by atoms with Crippen LogP contribution in [0.2, 0.25) is 0 Å². The maximum Gasteiger partial charge on any atom is 0.270 e. The standard InChI is InChI=1S/C16H19FN4O2/c1-23-9-8-18-15-10-14(20-11-21-15)16(22)19-7-6-12-2-4-13(17)5-3-12/h2-5,10-11H,6-9H2,1H3,(H,19,22)(H,18,20,21). The van der Waals surface area contributed by atoms with Crippen molar-refractivity contribution in [2.24, 2.45) is 0 Å². The zero-order valence-corrected chi connectivity index (χ0v) is 12.9. The largest absolute Gasteiger partial charge is 0.383 e. The molecule has 1 heterocycles. The molecule has 6 nitrogen and oxygen atoms in total. The second-order valence-electron chi connectivity index (χ2n) is 4.84. The summed E-state index contributed by atoms with van der Waals surface area (Å²) >= 11 is 0. The van der Waals surface area contributed by atoms with Gasteiger partial charge in [0, 0.05) is 26.3 Å². The first kappa shape index (κ1) is 16.8. The van der Waals surface area contributed by atoms with E-state index >= 15 is 0 Å². The number of nitrogens with zero attached hydrogens (tertiary/aromatic N) is 2. The van der Waals surface area contributed by atoms with Crippen molar-refractivity contribution in [3.05, 3.63) is 53.7 Å². The predicted octanol–water partition coefficient (Wildman–Crippen LogP) is 1.65. The SMILES string of the molecule is COCCNc1cc(C(=O)NCCc2ccc(F)cc2)ncn1. The maximum absolute atomic E-state index is 12.8. The Labute approximate surface area is 134 Å². The molecule has 0 saturated heterocycles. The molecule has 0 aliphatic carbocycles. The van der Waals surface area contributed by atoms with Gasteiger partial charge in [0.05, 0.1) is 6.61 Å².